The van der Waals surface area contributed by atoms with E-state index in [2.05, 4.69) is 10.0 Å². The van der Waals surface area contributed by atoms with E-state index in [9.17, 15) is 16.8 Å². The van der Waals surface area contributed by atoms with Crippen LogP contribution in [-0.2, 0) is 19.9 Å². The van der Waals surface area contributed by atoms with Crippen LogP contribution in [0.25, 0.3) is 0 Å². The first-order chi connectivity index (χ1) is 8.39. The van der Waals surface area contributed by atoms with Crippen LogP contribution < -0.4 is 10.0 Å². The summed E-state index contributed by atoms with van der Waals surface area (Å²) < 4.78 is 48.9. The van der Waals surface area contributed by atoms with Crippen LogP contribution in [0, 0.1) is 5.92 Å². The Hall–Kier alpha value is -0.180. The molecule has 18 heavy (non-hydrogen) atoms. The van der Waals surface area contributed by atoms with Gasteiger partial charge in [0.2, 0.25) is 10.0 Å². The molecule has 0 bridgehead atoms. The van der Waals surface area contributed by atoms with Crippen LogP contribution in [0.2, 0.25) is 0 Å². The summed E-state index contributed by atoms with van der Waals surface area (Å²) in [5.74, 6) is 0.290. The summed E-state index contributed by atoms with van der Waals surface area (Å²) in [5, 5.41) is 2.47. The molecule has 0 saturated carbocycles. The number of hydrogen-bond acceptors (Lipinski definition) is 5. The molecule has 2 saturated heterocycles. The summed E-state index contributed by atoms with van der Waals surface area (Å²) >= 11 is 0. The van der Waals surface area contributed by atoms with E-state index in [0.717, 1.165) is 25.9 Å². The van der Waals surface area contributed by atoms with Crippen molar-refractivity contribution in [3.05, 3.63) is 0 Å². The first kappa shape index (κ1) is 14.2. The van der Waals surface area contributed by atoms with E-state index in [1.807, 2.05) is 0 Å². The van der Waals surface area contributed by atoms with Crippen LogP contribution in [0.4, 0.5) is 0 Å². The highest BCUT2D eigenvalue weighted by molar-refractivity contribution is 7.95. The molecule has 0 aromatic carbocycles. The molecule has 0 radical (unpaired) electrons. The summed E-state index contributed by atoms with van der Waals surface area (Å²) in [6.07, 6.45) is 2.12. The Morgan fingerprint density at radius 2 is 2.06 bits per heavy atom. The smallest absolute Gasteiger partial charge is 0.215 e. The number of hydrogen-bond donors (Lipinski definition) is 2. The summed E-state index contributed by atoms with van der Waals surface area (Å²) in [4.78, 5) is 0. The average molecular weight is 296 g/mol. The van der Waals surface area contributed by atoms with E-state index in [1.165, 1.54) is 0 Å². The van der Waals surface area contributed by atoms with E-state index in [1.54, 1.807) is 0 Å². The van der Waals surface area contributed by atoms with Gasteiger partial charge in [-0.1, -0.05) is 0 Å². The molecule has 0 aliphatic carbocycles. The molecule has 2 atom stereocenters. The molecule has 2 N–H and O–H groups in total. The third-order valence-electron chi connectivity index (χ3n) is 3.65. The summed E-state index contributed by atoms with van der Waals surface area (Å²) in [5.41, 5.74) is 0. The maximum Gasteiger partial charge on any atom is 0.215 e. The highest BCUT2D eigenvalue weighted by Gasteiger charge is 2.36. The topological polar surface area (TPSA) is 92.3 Å². The minimum atomic E-state index is -3.47. The fourth-order valence-corrected chi connectivity index (χ4v) is 6.59. The van der Waals surface area contributed by atoms with Gasteiger partial charge in [-0.05, 0) is 38.3 Å². The number of sulfonamides is 1. The zero-order valence-electron chi connectivity index (χ0n) is 10.3. The summed E-state index contributed by atoms with van der Waals surface area (Å²) in [7, 11) is -6.62. The lowest BCUT2D eigenvalue weighted by Crippen LogP contribution is -2.36. The SMILES string of the molecule is O=S1(=O)CCC(S(=O)(=O)NCCC2CCNC2)C1. The lowest BCUT2D eigenvalue weighted by atomic mass is 10.1. The maximum atomic E-state index is 11.9. The van der Waals surface area contributed by atoms with Crippen LogP contribution in [-0.4, -0.2) is 53.2 Å². The lowest BCUT2D eigenvalue weighted by Gasteiger charge is -2.13. The standard InChI is InChI=1S/C10H20N2O4S2/c13-17(14)6-3-10(8-17)18(15,16)12-5-2-9-1-4-11-7-9/h9-12H,1-8H2. The van der Waals surface area contributed by atoms with Crippen molar-refractivity contribution in [3.63, 3.8) is 0 Å². The second kappa shape index (κ2) is 5.44. The normalized spacial score (nSPS) is 31.8. The Labute approximate surface area is 108 Å². The van der Waals surface area contributed by atoms with Gasteiger partial charge in [0.1, 0.15) is 0 Å². The van der Waals surface area contributed by atoms with Crippen molar-refractivity contribution in [1.29, 1.82) is 0 Å². The third-order valence-corrected chi connectivity index (χ3v) is 7.51. The second-order valence-electron chi connectivity index (χ2n) is 5.11. The third kappa shape index (κ3) is 3.66. The first-order valence-electron chi connectivity index (χ1n) is 6.29. The van der Waals surface area contributed by atoms with Crippen molar-refractivity contribution >= 4 is 19.9 Å². The molecule has 2 unspecified atom stereocenters. The monoisotopic (exact) mass is 296 g/mol. The molecule has 2 rings (SSSR count). The molecule has 2 aliphatic rings. The van der Waals surface area contributed by atoms with E-state index in [4.69, 9.17) is 0 Å². The molecule has 0 spiro atoms. The summed E-state index contributed by atoms with van der Waals surface area (Å²) in [6.45, 7) is 2.35. The van der Waals surface area contributed by atoms with Gasteiger partial charge in [0.15, 0.2) is 9.84 Å². The zero-order chi connectivity index (χ0) is 13.2. The van der Waals surface area contributed by atoms with Crippen LogP contribution in [0.5, 0.6) is 0 Å². The van der Waals surface area contributed by atoms with Crippen molar-refractivity contribution < 1.29 is 16.8 Å². The van der Waals surface area contributed by atoms with Crippen molar-refractivity contribution in [1.82, 2.24) is 10.0 Å². The molecule has 8 heteroatoms. The predicted octanol–water partition coefficient (Wildman–Crippen LogP) is -0.907. The Morgan fingerprint density at radius 1 is 1.28 bits per heavy atom. The van der Waals surface area contributed by atoms with Crippen LogP contribution in [0.3, 0.4) is 0 Å². The molecule has 2 aliphatic heterocycles. The predicted molar refractivity (Wildman–Crippen MR) is 69.6 cm³/mol. The first-order valence-corrected chi connectivity index (χ1v) is 9.65. The molecule has 0 aromatic rings. The Balaban J connectivity index is 1.80. The van der Waals surface area contributed by atoms with E-state index >= 15 is 0 Å². The number of rotatable bonds is 5. The van der Waals surface area contributed by atoms with Crippen molar-refractivity contribution in [3.8, 4) is 0 Å². The number of nitrogens with one attached hydrogen (secondary N) is 2. The van der Waals surface area contributed by atoms with Gasteiger partial charge in [-0.3, -0.25) is 0 Å². The molecule has 0 aromatic heterocycles. The zero-order valence-corrected chi connectivity index (χ0v) is 11.9. The fourth-order valence-electron chi connectivity index (χ4n) is 2.49. The van der Waals surface area contributed by atoms with Gasteiger partial charge in [-0.15, -0.1) is 0 Å². The van der Waals surface area contributed by atoms with Gasteiger partial charge < -0.3 is 5.32 Å². The maximum absolute atomic E-state index is 11.9. The van der Waals surface area contributed by atoms with Crippen molar-refractivity contribution in [2.75, 3.05) is 31.1 Å². The van der Waals surface area contributed by atoms with E-state index in [0.29, 0.717) is 12.5 Å². The van der Waals surface area contributed by atoms with Gasteiger partial charge in [-0.2, -0.15) is 0 Å². The Kier molecular flexibility index (Phi) is 4.30. The Bertz CT molecular complexity index is 480. The van der Waals surface area contributed by atoms with Crippen LogP contribution >= 0.6 is 0 Å². The lowest BCUT2D eigenvalue weighted by molar-refractivity contribution is 0.516. The minimum Gasteiger partial charge on any atom is -0.316 e. The molecular weight excluding hydrogens is 276 g/mol. The highest BCUT2D eigenvalue weighted by atomic mass is 32.2. The van der Waals surface area contributed by atoms with Gasteiger partial charge in [0.25, 0.3) is 0 Å². The van der Waals surface area contributed by atoms with Gasteiger partial charge in [0.05, 0.1) is 16.8 Å². The van der Waals surface area contributed by atoms with Crippen molar-refractivity contribution in [2.24, 2.45) is 5.92 Å². The number of sulfone groups is 1. The van der Waals surface area contributed by atoms with Crippen molar-refractivity contribution in [2.45, 2.75) is 24.5 Å². The molecule has 6 nitrogen and oxygen atoms in total. The summed E-state index contributed by atoms with van der Waals surface area (Å²) in [6, 6.07) is 0. The quantitative estimate of drug-likeness (QED) is 0.685. The molecule has 2 fully saturated rings. The largest absolute Gasteiger partial charge is 0.316 e. The molecular formula is C10H20N2O4S2. The highest BCUT2D eigenvalue weighted by Crippen LogP contribution is 2.18. The van der Waals surface area contributed by atoms with Gasteiger partial charge in [0, 0.05) is 6.54 Å². The molecule has 2 heterocycles. The minimum absolute atomic E-state index is 0.00881. The van der Waals surface area contributed by atoms with E-state index in [-0.39, 0.29) is 17.9 Å². The van der Waals surface area contributed by atoms with Gasteiger partial charge in [-0.25, -0.2) is 21.6 Å². The van der Waals surface area contributed by atoms with Crippen LogP contribution in [0.1, 0.15) is 19.3 Å². The van der Waals surface area contributed by atoms with E-state index < -0.39 is 25.1 Å². The molecule has 0 amide bonds. The second-order valence-corrected chi connectivity index (χ2v) is 9.39. The fraction of sp³-hybridized carbons (Fsp3) is 1.00. The van der Waals surface area contributed by atoms with Gasteiger partial charge >= 0.3 is 0 Å². The molecule has 106 valence electrons. The van der Waals surface area contributed by atoms with Crippen LogP contribution in [0.15, 0.2) is 0 Å². The Morgan fingerprint density at radius 3 is 2.61 bits per heavy atom. The average Bonchev–Trinajstić information content (AvgIpc) is 2.87.